The molecule has 7 nitrogen and oxygen atoms in total. The molecule has 1 saturated carbocycles. The summed E-state index contributed by atoms with van der Waals surface area (Å²) >= 11 is 6.11. The van der Waals surface area contributed by atoms with Gasteiger partial charge in [-0.15, -0.1) is 0 Å². The number of benzene rings is 1. The molecule has 2 aromatic heterocycles. The second-order valence-electron chi connectivity index (χ2n) is 6.99. The number of aryl methyl sites for hydroxylation is 1. The lowest BCUT2D eigenvalue weighted by molar-refractivity contribution is 0.410. The Labute approximate surface area is 163 Å². The highest BCUT2D eigenvalue weighted by Gasteiger charge is 2.20. The van der Waals surface area contributed by atoms with Crippen LogP contribution >= 0.6 is 11.6 Å². The van der Waals surface area contributed by atoms with Crippen LogP contribution in [0.1, 0.15) is 32.6 Å². The summed E-state index contributed by atoms with van der Waals surface area (Å²) in [6.07, 6.45) is 5.92. The Bertz CT molecular complexity index is 931. The number of halogens is 1. The van der Waals surface area contributed by atoms with Gasteiger partial charge in [0, 0.05) is 29.3 Å². The van der Waals surface area contributed by atoms with E-state index in [2.05, 4.69) is 22.5 Å². The summed E-state index contributed by atoms with van der Waals surface area (Å²) in [4.78, 5) is 13.9. The number of rotatable bonds is 5. The van der Waals surface area contributed by atoms with Crippen LogP contribution in [0.15, 0.2) is 30.6 Å². The Kier molecular flexibility index (Phi) is 5.13. The lowest BCUT2D eigenvalue weighted by atomic mass is 9.92. The number of nitrogens with one attached hydrogen (secondary N) is 2. The number of hydrogen-bond donors (Lipinski definition) is 3. The van der Waals surface area contributed by atoms with E-state index >= 15 is 0 Å². The van der Waals surface area contributed by atoms with Gasteiger partial charge in [-0.1, -0.05) is 17.7 Å². The Balaban J connectivity index is 1.67. The third-order valence-corrected chi connectivity index (χ3v) is 5.23. The van der Waals surface area contributed by atoms with Crippen LogP contribution in [-0.4, -0.2) is 31.6 Å². The van der Waals surface area contributed by atoms with E-state index in [-0.39, 0.29) is 0 Å². The van der Waals surface area contributed by atoms with Crippen molar-refractivity contribution in [2.75, 3.05) is 10.6 Å². The molecule has 4 N–H and O–H groups in total. The molecule has 0 unspecified atom stereocenters. The smallest absolute Gasteiger partial charge is 0.227 e. The third-order valence-electron chi connectivity index (χ3n) is 5.00. The van der Waals surface area contributed by atoms with Crippen molar-refractivity contribution in [1.29, 1.82) is 0 Å². The Morgan fingerprint density at radius 1 is 1.22 bits per heavy atom. The zero-order valence-corrected chi connectivity index (χ0v) is 16.1. The number of fused-ring (bicyclic) bond motifs is 1. The number of hydrogen-bond acceptors (Lipinski definition) is 6. The van der Waals surface area contributed by atoms with E-state index in [1.165, 1.54) is 0 Å². The maximum Gasteiger partial charge on any atom is 0.227 e. The minimum Gasteiger partial charge on any atom is -0.351 e. The molecular weight excluding hydrogens is 362 g/mol. The van der Waals surface area contributed by atoms with Gasteiger partial charge in [-0.2, -0.15) is 9.97 Å². The molecule has 3 aromatic rings. The van der Waals surface area contributed by atoms with E-state index in [1.54, 1.807) is 6.33 Å². The summed E-state index contributed by atoms with van der Waals surface area (Å²) in [7, 11) is 0. The summed E-state index contributed by atoms with van der Waals surface area (Å²) in [6, 6.07) is 8.22. The predicted octanol–water partition coefficient (Wildman–Crippen LogP) is 3.93. The molecule has 1 aliphatic rings. The molecule has 27 heavy (non-hydrogen) atoms. The molecule has 1 aliphatic carbocycles. The first-order valence-corrected chi connectivity index (χ1v) is 9.77. The SMILES string of the molecule is CCn1cnc2c(Nc3cccc(Cl)c3)nc(NC3CCC(N)CC3)nc21. The topological polar surface area (TPSA) is 93.7 Å². The summed E-state index contributed by atoms with van der Waals surface area (Å²) in [5, 5.41) is 7.49. The molecule has 2 heterocycles. The predicted molar refractivity (Wildman–Crippen MR) is 110 cm³/mol. The quantitative estimate of drug-likeness (QED) is 0.616. The van der Waals surface area contributed by atoms with E-state index in [0.717, 1.165) is 49.1 Å². The largest absolute Gasteiger partial charge is 0.351 e. The number of anilines is 3. The molecule has 0 atom stereocenters. The Morgan fingerprint density at radius 3 is 2.78 bits per heavy atom. The van der Waals surface area contributed by atoms with Crippen molar-refractivity contribution >= 4 is 40.2 Å². The molecule has 0 aliphatic heterocycles. The number of aromatic nitrogens is 4. The first-order chi connectivity index (χ1) is 13.1. The monoisotopic (exact) mass is 385 g/mol. The highest BCUT2D eigenvalue weighted by Crippen LogP contribution is 2.27. The molecule has 1 aromatic carbocycles. The molecule has 0 bridgehead atoms. The molecule has 0 spiro atoms. The lowest BCUT2D eigenvalue weighted by Crippen LogP contribution is -2.33. The third kappa shape index (κ3) is 3.99. The normalized spacial score (nSPS) is 20.0. The molecule has 4 rings (SSSR count). The van der Waals surface area contributed by atoms with Gasteiger partial charge in [-0.25, -0.2) is 4.98 Å². The summed E-state index contributed by atoms with van der Waals surface area (Å²) < 4.78 is 2.02. The maximum atomic E-state index is 6.11. The number of nitrogens with zero attached hydrogens (tertiary/aromatic N) is 4. The van der Waals surface area contributed by atoms with E-state index in [0.29, 0.717) is 28.9 Å². The molecule has 0 radical (unpaired) electrons. The van der Waals surface area contributed by atoms with Crippen LogP contribution in [0.2, 0.25) is 5.02 Å². The highest BCUT2D eigenvalue weighted by atomic mass is 35.5. The molecular formula is C19H24ClN7. The van der Waals surface area contributed by atoms with Crippen molar-refractivity contribution in [3.8, 4) is 0 Å². The zero-order valence-electron chi connectivity index (χ0n) is 15.3. The van der Waals surface area contributed by atoms with Gasteiger partial charge in [0.1, 0.15) is 0 Å². The number of imidazole rings is 1. The summed E-state index contributed by atoms with van der Waals surface area (Å²) in [6.45, 7) is 2.87. The Morgan fingerprint density at radius 2 is 2.04 bits per heavy atom. The minimum absolute atomic E-state index is 0.313. The lowest BCUT2D eigenvalue weighted by Gasteiger charge is -2.26. The van der Waals surface area contributed by atoms with Crippen molar-refractivity contribution in [1.82, 2.24) is 19.5 Å². The van der Waals surface area contributed by atoms with E-state index in [1.807, 2.05) is 28.8 Å². The van der Waals surface area contributed by atoms with Gasteiger partial charge < -0.3 is 20.9 Å². The van der Waals surface area contributed by atoms with Crippen LogP contribution in [0.25, 0.3) is 11.2 Å². The van der Waals surface area contributed by atoms with Gasteiger partial charge in [-0.05, 0) is 50.8 Å². The van der Waals surface area contributed by atoms with E-state index in [4.69, 9.17) is 27.3 Å². The highest BCUT2D eigenvalue weighted by molar-refractivity contribution is 6.30. The fourth-order valence-corrected chi connectivity index (χ4v) is 3.67. The van der Waals surface area contributed by atoms with Crippen molar-refractivity contribution in [3.05, 3.63) is 35.6 Å². The average molecular weight is 386 g/mol. The fourth-order valence-electron chi connectivity index (χ4n) is 3.48. The van der Waals surface area contributed by atoms with Crippen LogP contribution in [0.3, 0.4) is 0 Å². The minimum atomic E-state index is 0.313. The van der Waals surface area contributed by atoms with Crippen LogP contribution in [0, 0.1) is 0 Å². The van der Waals surface area contributed by atoms with Crippen LogP contribution < -0.4 is 16.4 Å². The van der Waals surface area contributed by atoms with Gasteiger partial charge in [0.2, 0.25) is 5.95 Å². The zero-order chi connectivity index (χ0) is 18.8. The van der Waals surface area contributed by atoms with Gasteiger partial charge in [0.15, 0.2) is 17.0 Å². The van der Waals surface area contributed by atoms with Crippen molar-refractivity contribution < 1.29 is 0 Å². The van der Waals surface area contributed by atoms with Crippen molar-refractivity contribution in [3.63, 3.8) is 0 Å². The maximum absolute atomic E-state index is 6.11. The van der Waals surface area contributed by atoms with Crippen molar-refractivity contribution in [2.24, 2.45) is 5.73 Å². The standard InChI is InChI=1S/C19H24ClN7/c1-2-27-11-22-16-17(23-15-5-3-4-12(20)10-15)25-19(26-18(16)27)24-14-8-6-13(21)7-9-14/h3-5,10-11,13-14H,2,6-9,21H2,1H3,(H2,23,24,25,26). The molecule has 0 saturated heterocycles. The van der Waals surface area contributed by atoms with E-state index < -0.39 is 0 Å². The first-order valence-electron chi connectivity index (χ1n) is 9.40. The summed E-state index contributed by atoms with van der Waals surface area (Å²) in [5.74, 6) is 1.28. The second kappa shape index (κ2) is 7.70. The molecule has 0 amide bonds. The average Bonchev–Trinajstić information content (AvgIpc) is 3.07. The fraction of sp³-hybridized carbons (Fsp3) is 0.421. The molecule has 1 fully saturated rings. The van der Waals surface area contributed by atoms with Gasteiger partial charge in [0.25, 0.3) is 0 Å². The first kappa shape index (κ1) is 18.0. The van der Waals surface area contributed by atoms with Gasteiger partial charge >= 0.3 is 0 Å². The Hall–Kier alpha value is -2.38. The molecule has 142 valence electrons. The number of nitrogens with two attached hydrogens (primary N) is 1. The molecule has 8 heteroatoms. The van der Waals surface area contributed by atoms with Crippen molar-refractivity contribution in [2.45, 2.75) is 51.2 Å². The second-order valence-corrected chi connectivity index (χ2v) is 7.43. The van der Waals surface area contributed by atoms with Crippen LogP contribution in [-0.2, 0) is 6.54 Å². The van der Waals surface area contributed by atoms with Gasteiger partial charge in [-0.3, -0.25) is 0 Å². The summed E-state index contributed by atoms with van der Waals surface area (Å²) in [5.41, 5.74) is 8.44. The van der Waals surface area contributed by atoms with Gasteiger partial charge in [0.05, 0.1) is 6.33 Å². The van der Waals surface area contributed by atoms with E-state index in [9.17, 15) is 0 Å². The van der Waals surface area contributed by atoms with Crippen LogP contribution in [0.5, 0.6) is 0 Å². The van der Waals surface area contributed by atoms with Crippen LogP contribution in [0.4, 0.5) is 17.5 Å².